The molecular formula is C10H11I2NO3. The maximum atomic E-state index is 11.4. The highest BCUT2D eigenvalue weighted by Gasteiger charge is 2.19. The summed E-state index contributed by atoms with van der Waals surface area (Å²) in [4.78, 5) is 15.6. The second-order valence-electron chi connectivity index (χ2n) is 3.99. The Kier molecular flexibility index (Phi) is 4.77. The van der Waals surface area contributed by atoms with Crippen LogP contribution in [0.1, 0.15) is 20.8 Å². The van der Waals surface area contributed by atoms with Gasteiger partial charge >= 0.3 is 6.16 Å². The molecule has 16 heavy (non-hydrogen) atoms. The zero-order valence-corrected chi connectivity index (χ0v) is 13.4. The smallest absolute Gasteiger partial charge is 0.428 e. The quantitative estimate of drug-likeness (QED) is 0.375. The van der Waals surface area contributed by atoms with Gasteiger partial charge in [0.1, 0.15) is 13.0 Å². The number of hydrogen-bond acceptors (Lipinski definition) is 4. The molecule has 1 aromatic heterocycles. The van der Waals surface area contributed by atoms with Crippen LogP contribution in [0.4, 0.5) is 4.79 Å². The van der Waals surface area contributed by atoms with Gasteiger partial charge in [0, 0.05) is 0 Å². The number of nitrogens with zero attached hydrogens (tertiary/aromatic N) is 1. The Morgan fingerprint density at radius 2 is 1.94 bits per heavy atom. The van der Waals surface area contributed by atoms with E-state index in [-0.39, 0.29) is 0 Å². The number of carbonyl (C=O) groups excluding carboxylic acids is 1. The van der Waals surface area contributed by atoms with E-state index in [2.05, 4.69) is 27.6 Å². The highest BCUT2D eigenvalue weighted by atomic mass is 127. The predicted octanol–water partition coefficient (Wildman–Crippen LogP) is 3.60. The Morgan fingerprint density at radius 3 is 2.44 bits per heavy atom. The first-order valence-corrected chi connectivity index (χ1v) is 6.66. The first kappa shape index (κ1) is 13.9. The molecule has 0 aliphatic rings. The third kappa shape index (κ3) is 4.81. The second kappa shape index (κ2) is 5.48. The topological polar surface area (TPSA) is 48.4 Å². The van der Waals surface area contributed by atoms with Crippen molar-refractivity contribution in [1.29, 1.82) is 0 Å². The number of ether oxygens (including phenoxy) is 2. The molecule has 0 unspecified atom stereocenters. The molecule has 1 heterocycles. The molecule has 1 rings (SSSR count). The molecule has 0 N–H and O–H groups in total. The molecule has 0 atom stereocenters. The van der Waals surface area contributed by atoms with E-state index in [0.717, 1.165) is 3.70 Å². The minimum atomic E-state index is -0.714. The van der Waals surface area contributed by atoms with E-state index >= 15 is 0 Å². The average molecular weight is 447 g/mol. The summed E-state index contributed by atoms with van der Waals surface area (Å²) in [5.74, 6) is 0.412. The van der Waals surface area contributed by atoms with E-state index in [9.17, 15) is 4.79 Å². The van der Waals surface area contributed by atoms with Crippen LogP contribution in [0.2, 0.25) is 0 Å². The molecule has 1 aromatic rings. The minimum absolute atomic E-state index is 0.412. The maximum absolute atomic E-state index is 11.4. The van der Waals surface area contributed by atoms with E-state index in [0.29, 0.717) is 9.45 Å². The summed E-state index contributed by atoms with van der Waals surface area (Å²) < 4.78 is 11.6. The number of carbonyl (C=O) groups is 1. The van der Waals surface area contributed by atoms with E-state index < -0.39 is 11.8 Å². The Hall–Kier alpha value is -0.120. The number of pyridine rings is 1. The summed E-state index contributed by atoms with van der Waals surface area (Å²) in [6.45, 7) is 5.35. The zero-order valence-electron chi connectivity index (χ0n) is 9.08. The van der Waals surface area contributed by atoms with Gasteiger partial charge in [-0.15, -0.1) is 0 Å². The first-order valence-electron chi connectivity index (χ1n) is 4.51. The van der Waals surface area contributed by atoms with Crippen LogP contribution in [-0.4, -0.2) is 16.7 Å². The standard InChI is InChI=1S/C10H11I2NO3/c1-10(2,3)16-9(14)15-6-4-5-7(11)13-8(6)12/h4-5H,1-3H3. The summed E-state index contributed by atoms with van der Waals surface area (Å²) in [5, 5.41) is 0. The van der Waals surface area contributed by atoms with Gasteiger partial charge in [0.25, 0.3) is 0 Å². The van der Waals surface area contributed by atoms with Gasteiger partial charge in [0.15, 0.2) is 5.75 Å². The van der Waals surface area contributed by atoms with Gasteiger partial charge in [-0.05, 0) is 78.1 Å². The first-order chi connectivity index (χ1) is 7.28. The molecule has 6 heteroatoms. The molecule has 0 fully saturated rings. The fourth-order valence-corrected chi connectivity index (χ4v) is 2.27. The molecule has 0 bridgehead atoms. The third-order valence-electron chi connectivity index (χ3n) is 1.36. The van der Waals surface area contributed by atoms with Gasteiger partial charge in [0.05, 0.1) is 0 Å². The number of hydrogen-bond donors (Lipinski definition) is 0. The van der Waals surface area contributed by atoms with Crippen LogP contribution in [0, 0.1) is 7.40 Å². The van der Waals surface area contributed by atoms with Crippen molar-refractivity contribution in [2.45, 2.75) is 26.4 Å². The molecule has 0 radical (unpaired) electrons. The van der Waals surface area contributed by atoms with Crippen molar-refractivity contribution in [1.82, 2.24) is 4.98 Å². The molecular weight excluding hydrogens is 436 g/mol. The fraction of sp³-hybridized carbons (Fsp3) is 0.400. The second-order valence-corrected chi connectivity index (χ2v) is 6.12. The number of rotatable bonds is 1. The lowest BCUT2D eigenvalue weighted by molar-refractivity contribution is 0.0203. The lowest BCUT2D eigenvalue weighted by Crippen LogP contribution is -2.26. The van der Waals surface area contributed by atoms with Gasteiger partial charge in [-0.3, -0.25) is 0 Å². The summed E-state index contributed by atoms with van der Waals surface area (Å²) in [6, 6.07) is 3.46. The van der Waals surface area contributed by atoms with Crippen LogP contribution in [0.25, 0.3) is 0 Å². The van der Waals surface area contributed by atoms with Crippen molar-refractivity contribution in [2.24, 2.45) is 0 Å². The normalized spacial score (nSPS) is 11.1. The summed E-state index contributed by atoms with van der Waals surface area (Å²) in [5.41, 5.74) is -0.556. The molecule has 0 aromatic carbocycles. The summed E-state index contributed by atoms with van der Waals surface area (Å²) in [6.07, 6.45) is -0.714. The van der Waals surface area contributed by atoms with Crippen molar-refractivity contribution in [2.75, 3.05) is 0 Å². The van der Waals surface area contributed by atoms with E-state index in [4.69, 9.17) is 9.47 Å². The van der Waals surface area contributed by atoms with Crippen LogP contribution in [0.15, 0.2) is 12.1 Å². The van der Waals surface area contributed by atoms with Gasteiger partial charge in [-0.25, -0.2) is 9.78 Å². The van der Waals surface area contributed by atoms with E-state index in [1.807, 2.05) is 22.6 Å². The highest BCUT2D eigenvalue weighted by Crippen LogP contribution is 2.21. The molecule has 88 valence electrons. The van der Waals surface area contributed by atoms with Crippen LogP contribution in [0.3, 0.4) is 0 Å². The Morgan fingerprint density at radius 1 is 1.31 bits per heavy atom. The third-order valence-corrected chi connectivity index (χ3v) is 2.74. The molecule has 0 amide bonds. The molecule has 0 aliphatic heterocycles. The van der Waals surface area contributed by atoms with Gasteiger partial charge in [-0.2, -0.15) is 0 Å². The lowest BCUT2D eigenvalue weighted by Gasteiger charge is -2.18. The summed E-state index contributed by atoms with van der Waals surface area (Å²) in [7, 11) is 0. The van der Waals surface area contributed by atoms with Crippen molar-refractivity contribution in [3.63, 3.8) is 0 Å². The monoisotopic (exact) mass is 447 g/mol. The summed E-state index contributed by atoms with van der Waals surface area (Å²) >= 11 is 4.10. The van der Waals surface area contributed by atoms with Crippen LogP contribution < -0.4 is 4.74 Å². The molecule has 0 saturated carbocycles. The lowest BCUT2D eigenvalue weighted by atomic mass is 10.2. The van der Waals surface area contributed by atoms with Crippen LogP contribution >= 0.6 is 45.2 Å². The van der Waals surface area contributed by atoms with Crippen molar-refractivity contribution in [3.8, 4) is 5.75 Å². The zero-order chi connectivity index (χ0) is 12.3. The van der Waals surface area contributed by atoms with Crippen molar-refractivity contribution < 1.29 is 14.3 Å². The Labute approximate surface area is 121 Å². The molecule has 4 nitrogen and oxygen atoms in total. The fourth-order valence-electron chi connectivity index (χ4n) is 0.836. The SMILES string of the molecule is CC(C)(C)OC(=O)Oc1ccc(I)nc1I. The Bertz CT molecular complexity index is 402. The van der Waals surface area contributed by atoms with E-state index in [1.54, 1.807) is 32.9 Å². The molecule has 0 aliphatic carbocycles. The van der Waals surface area contributed by atoms with Gasteiger partial charge in [0.2, 0.25) is 0 Å². The minimum Gasteiger partial charge on any atom is -0.428 e. The van der Waals surface area contributed by atoms with Crippen molar-refractivity contribution in [3.05, 3.63) is 19.5 Å². The van der Waals surface area contributed by atoms with Gasteiger partial charge < -0.3 is 9.47 Å². The van der Waals surface area contributed by atoms with E-state index in [1.165, 1.54) is 0 Å². The highest BCUT2D eigenvalue weighted by molar-refractivity contribution is 14.1. The number of aromatic nitrogens is 1. The Balaban J connectivity index is 2.70. The van der Waals surface area contributed by atoms with Crippen LogP contribution in [-0.2, 0) is 4.74 Å². The van der Waals surface area contributed by atoms with Gasteiger partial charge in [-0.1, -0.05) is 0 Å². The number of halogens is 2. The molecule has 0 saturated heterocycles. The largest absolute Gasteiger partial charge is 0.514 e. The predicted molar refractivity (Wildman–Crippen MR) is 76.5 cm³/mol. The average Bonchev–Trinajstić information content (AvgIpc) is 2.06. The maximum Gasteiger partial charge on any atom is 0.514 e. The molecule has 0 spiro atoms. The van der Waals surface area contributed by atoms with Crippen molar-refractivity contribution >= 4 is 51.3 Å². The van der Waals surface area contributed by atoms with Crippen LogP contribution in [0.5, 0.6) is 5.75 Å².